The second-order valence-corrected chi connectivity index (χ2v) is 28.8. The number of esters is 4. The summed E-state index contributed by atoms with van der Waals surface area (Å²) in [5.74, 6) is 0.815. The molecular formula is C67H130O17P2. The van der Waals surface area contributed by atoms with E-state index in [9.17, 15) is 43.2 Å². The molecule has 510 valence electrons. The smallest absolute Gasteiger partial charge is 0.462 e. The maximum atomic E-state index is 13.0. The summed E-state index contributed by atoms with van der Waals surface area (Å²) in [6, 6.07) is 0. The largest absolute Gasteiger partial charge is 0.472 e. The fourth-order valence-corrected chi connectivity index (χ4v) is 11.5. The Morgan fingerprint density at radius 1 is 0.326 bits per heavy atom. The predicted octanol–water partition coefficient (Wildman–Crippen LogP) is 18.5. The second kappa shape index (κ2) is 57.0. The van der Waals surface area contributed by atoms with E-state index in [1.54, 1.807) is 0 Å². The van der Waals surface area contributed by atoms with Gasteiger partial charge in [-0.05, 0) is 49.4 Å². The minimum absolute atomic E-state index is 0.102. The normalized spacial score (nSPS) is 14.7. The number of carbonyl (C=O) groups is 4. The average molecular weight is 1270 g/mol. The highest BCUT2D eigenvalue weighted by Gasteiger charge is 2.30. The number of ether oxygens (including phenoxy) is 4. The molecule has 0 aliphatic carbocycles. The van der Waals surface area contributed by atoms with Crippen LogP contribution in [0.25, 0.3) is 0 Å². The zero-order chi connectivity index (χ0) is 63.9. The third kappa shape index (κ3) is 59.7. The van der Waals surface area contributed by atoms with E-state index in [0.717, 1.165) is 108 Å². The van der Waals surface area contributed by atoms with E-state index in [1.807, 2.05) is 0 Å². The average Bonchev–Trinajstić information content (AvgIpc) is 3.68. The van der Waals surface area contributed by atoms with Crippen molar-refractivity contribution in [2.24, 2.45) is 23.7 Å². The van der Waals surface area contributed by atoms with E-state index in [2.05, 4.69) is 55.4 Å². The van der Waals surface area contributed by atoms with Gasteiger partial charge < -0.3 is 33.8 Å². The van der Waals surface area contributed by atoms with Crippen molar-refractivity contribution in [2.75, 3.05) is 39.6 Å². The number of hydrogen-bond donors (Lipinski definition) is 3. The van der Waals surface area contributed by atoms with Gasteiger partial charge in [-0.1, -0.05) is 274 Å². The molecule has 0 aromatic heterocycles. The van der Waals surface area contributed by atoms with Crippen molar-refractivity contribution < 1.29 is 80.2 Å². The lowest BCUT2D eigenvalue weighted by Crippen LogP contribution is -2.30. The number of phosphoric acid groups is 2. The van der Waals surface area contributed by atoms with Crippen molar-refractivity contribution in [3.63, 3.8) is 0 Å². The van der Waals surface area contributed by atoms with Crippen molar-refractivity contribution in [3.05, 3.63) is 0 Å². The van der Waals surface area contributed by atoms with Gasteiger partial charge in [0.25, 0.3) is 0 Å². The van der Waals surface area contributed by atoms with Gasteiger partial charge >= 0.3 is 39.5 Å². The number of carbonyl (C=O) groups excluding carboxylic acids is 4. The number of aliphatic hydroxyl groups is 1. The molecule has 0 aliphatic heterocycles. The summed E-state index contributed by atoms with van der Waals surface area (Å²) in [6.45, 7) is 14.0. The highest BCUT2D eigenvalue weighted by Crippen LogP contribution is 2.45. The maximum absolute atomic E-state index is 13.0. The van der Waals surface area contributed by atoms with E-state index in [0.29, 0.717) is 31.6 Å². The molecule has 0 spiro atoms. The minimum Gasteiger partial charge on any atom is -0.462 e. The minimum atomic E-state index is -4.95. The molecule has 0 aliphatic rings. The molecule has 3 N–H and O–H groups in total. The topological polar surface area (TPSA) is 237 Å². The van der Waals surface area contributed by atoms with Crippen LogP contribution in [0, 0.1) is 23.7 Å². The quantitative estimate of drug-likeness (QED) is 0.0222. The van der Waals surface area contributed by atoms with Crippen LogP contribution in [0.5, 0.6) is 0 Å². The van der Waals surface area contributed by atoms with Crippen LogP contribution in [-0.2, 0) is 65.4 Å². The van der Waals surface area contributed by atoms with E-state index in [1.165, 1.54) is 128 Å². The van der Waals surface area contributed by atoms with Crippen LogP contribution in [0.1, 0.15) is 325 Å². The van der Waals surface area contributed by atoms with E-state index >= 15 is 0 Å². The summed E-state index contributed by atoms with van der Waals surface area (Å²) in [5, 5.41) is 10.6. The van der Waals surface area contributed by atoms with Crippen LogP contribution >= 0.6 is 15.6 Å². The Hall–Kier alpha value is -1.94. The summed E-state index contributed by atoms with van der Waals surface area (Å²) in [4.78, 5) is 72.4. The lowest BCUT2D eigenvalue weighted by molar-refractivity contribution is -0.161. The molecule has 19 heteroatoms. The zero-order valence-corrected chi connectivity index (χ0v) is 57.7. The summed E-state index contributed by atoms with van der Waals surface area (Å²) < 4.78 is 68.1. The van der Waals surface area contributed by atoms with Gasteiger partial charge in [0.15, 0.2) is 12.2 Å². The molecule has 86 heavy (non-hydrogen) atoms. The van der Waals surface area contributed by atoms with Crippen LogP contribution in [0.3, 0.4) is 0 Å². The molecule has 0 heterocycles. The Morgan fingerprint density at radius 3 is 0.826 bits per heavy atom. The lowest BCUT2D eigenvalue weighted by atomic mass is 9.99. The maximum Gasteiger partial charge on any atom is 0.472 e. The lowest BCUT2D eigenvalue weighted by Gasteiger charge is -2.21. The van der Waals surface area contributed by atoms with E-state index in [-0.39, 0.29) is 25.7 Å². The van der Waals surface area contributed by atoms with Crippen LogP contribution in [0.15, 0.2) is 0 Å². The first-order valence-corrected chi connectivity index (χ1v) is 37.7. The molecule has 0 rings (SSSR count). The van der Waals surface area contributed by atoms with Gasteiger partial charge in [-0.3, -0.25) is 37.3 Å². The van der Waals surface area contributed by atoms with Gasteiger partial charge in [0, 0.05) is 25.7 Å². The zero-order valence-electron chi connectivity index (χ0n) is 55.9. The standard InChI is InChI=1S/C67H130O17P2/c1-9-60(8)46-38-30-22-15-17-24-32-40-48-65(70)78-53-62(83-66(71)49-41-33-25-13-11-10-12-19-27-35-43-57(2)3)55-81-85(73,74)79-51-61(68)52-80-86(75,76)82-56-63(84-67(72)50-42-34-26-18-21-29-37-45-59(6)7)54-77-64(69)47-39-31-23-16-14-20-28-36-44-58(4)5/h57-63,68H,9-56H2,1-8H3,(H,73,74)(H,75,76)/t60?,61?,62-,63-/m1/s1. The Morgan fingerprint density at radius 2 is 0.558 bits per heavy atom. The molecule has 4 unspecified atom stereocenters. The molecule has 6 atom stereocenters. The highest BCUT2D eigenvalue weighted by atomic mass is 31.2. The second-order valence-electron chi connectivity index (χ2n) is 25.9. The molecule has 0 radical (unpaired) electrons. The number of phosphoric ester groups is 2. The monoisotopic (exact) mass is 1270 g/mol. The Bertz CT molecular complexity index is 1720. The molecule has 0 aromatic carbocycles. The molecular weight excluding hydrogens is 1140 g/mol. The Balaban J connectivity index is 5.26. The van der Waals surface area contributed by atoms with E-state index < -0.39 is 97.5 Å². The first kappa shape index (κ1) is 84.1. The summed E-state index contributed by atoms with van der Waals surface area (Å²) in [5.41, 5.74) is 0. The molecule has 0 saturated carbocycles. The molecule has 0 fully saturated rings. The fraction of sp³-hybridized carbons (Fsp3) is 0.940. The van der Waals surface area contributed by atoms with E-state index in [4.69, 9.17) is 37.0 Å². The third-order valence-electron chi connectivity index (χ3n) is 15.7. The number of rotatable bonds is 64. The van der Waals surface area contributed by atoms with Crippen molar-refractivity contribution in [1.29, 1.82) is 0 Å². The van der Waals surface area contributed by atoms with Crippen molar-refractivity contribution in [1.82, 2.24) is 0 Å². The summed E-state index contributed by atoms with van der Waals surface area (Å²) in [6.07, 6.45) is 37.6. The number of unbranched alkanes of at least 4 members (excludes halogenated alkanes) is 29. The van der Waals surface area contributed by atoms with Gasteiger partial charge in [-0.15, -0.1) is 0 Å². The summed E-state index contributed by atoms with van der Waals surface area (Å²) >= 11 is 0. The first-order chi connectivity index (χ1) is 41.1. The Kier molecular flexibility index (Phi) is 55.7. The third-order valence-corrected chi connectivity index (χ3v) is 17.6. The van der Waals surface area contributed by atoms with Crippen LogP contribution in [0.2, 0.25) is 0 Å². The van der Waals surface area contributed by atoms with Gasteiger partial charge in [-0.2, -0.15) is 0 Å². The van der Waals surface area contributed by atoms with Crippen molar-refractivity contribution >= 4 is 39.5 Å². The molecule has 0 bridgehead atoms. The fourth-order valence-electron chi connectivity index (χ4n) is 9.93. The molecule has 17 nitrogen and oxygen atoms in total. The number of hydrogen-bond acceptors (Lipinski definition) is 15. The summed E-state index contributed by atoms with van der Waals surface area (Å²) in [7, 11) is -9.90. The Labute approximate surface area is 524 Å². The highest BCUT2D eigenvalue weighted by molar-refractivity contribution is 7.47. The van der Waals surface area contributed by atoms with Crippen LogP contribution in [-0.4, -0.2) is 96.7 Å². The predicted molar refractivity (Wildman–Crippen MR) is 344 cm³/mol. The first-order valence-electron chi connectivity index (χ1n) is 34.7. The van der Waals surface area contributed by atoms with Crippen LogP contribution < -0.4 is 0 Å². The van der Waals surface area contributed by atoms with Gasteiger partial charge in [-0.25, -0.2) is 9.13 Å². The molecule has 0 saturated heterocycles. The van der Waals surface area contributed by atoms with Gasteiger partial charge in [0.1, 0.15) is 19.3 Å². The molecule has 0 aromatic rings. The van der Waals surface area contributed by atoms with Crippen molar-refractivity contribution in [2.45, 2.75) is 343 Å². The SMILES string of the molecule is CCC(C)CCCCCCCCCCC(=O)OC[C@H](COP(=O)(O)OCC(O)COP(=O)(O)OC[C@@H](COC(=O)CCCCCCCCCCC(C)C)OC(=O)CCCCCCCCCC(C)C)OC(=O)CCCCCCCCCCCCC(C)C. The number of aliphatic hydroxyl groups excluding tert-OH is 1. The van der Waals surface area contributed by atoms with Crippen LogP contribution in [0.4, 0.5) is 0 Å². The van der Waals surface area contributed by atoms with Crippen molar-refractivity contribution in [3.8, 4) is 0 Å². The van der Waals surface area contributed by atoms with Gasteiger partial charge in [0.05, 0.1) is 26.4 Å². The molecule has 0 amide bonds. The van der Waals surface area contributed by atoms with Gasteiger partial charge in [0.2, 0.25) is 0 Å².